The predicted molar refractivity (Wildman–Crippen MR) is 141 cm³/mol. The Morgan fingerprint density at radius 2 is 1.88 bits per heavy atom. The molecule has 0 unspecified atom stereocenters. The van der Waals surface area contributed by atoms with Gasteiger partial charge in [-0.15, -0.1) is 0 Å². The highest BCUT2D eigenvalue weighted by Gasteiger charge is 2.13. The summed E-state index contributed by atoms with van der Waals surface area (Å²) in [5.41, 5.74) is 3.20. The van der Waals surface area contributed by atoms with Crippen LogP contribution in [0, 0.1) is 10.5 Å². The van der Waals surface area contributed by atoms with Crippen LogP contribution in [0.5, 0.6) is 17.2 Å². The van der Waals surface area contributed by atoms with Crippen molar-refractivity contribution >= 4 is 57.7 Å². The molecule has 1 N–H and O–H groups in total. The number of hydrogen-bond acceptors (Lipinski definition) is 5. The molecule has 3 aromatic carbocycles. The lowest BCUT2D eigenvalue weighted by Crippen LogP contribution is -2.20. The van der Waals surface area contributed by atoms with Crippen molar-refractivity contribution in [1.82, 2.24) is 0 Å². The topological polar surface area (TPSA) is 69.2 Å². The van der Waals surface area contributed by atoms with Crippen molar-refractivity contribution < 1.29 is 19.0 Å². The van der Waals surface area contributed by atoms with Crippen LogP contribution in [0.4, 0.5) is 11.4 Å². The maximum Gasteiger partial charge on any atom is 0.262 e. The molecule has 0 aromatic heterocycles. The zero-order valence-electron chi connectivity index (χ0n) is 18.5. The molecule has 0 spiro atoms. The van der Waals surface area contributed by atoms with Gasteiger partial charge in [-0.25, -0.2) is 0 Å². The fourth-order valence-corrected chi connectivity index (χ4v) is 3.87. The minimum atomic E-state index is -0.297. The molecule has 0 atom stereocenters. The molecule has 6 nitrogen and oxygen atoms in total. The molecule has 0 saturated carbocycles. The lowest BCUT2D eigenvalue weighted by Gasteiger charge is -2.14. The number of amides is 1. The van der Waals surface area contributed by atoms with E-state index in [1.807, 2.05) is 56.3 Å². The molecule has 0 fully saturated rings. The van der Waals surface area contributed by atoms with E-state index in [1.54, 1.807) is 25.5 Å². The zero-order chi connectivity index (χ0) is 23.8. The molecule has 0 heterocycles. The smallest absolute Gasteiger partial charge is 0.262 e. The number of anilines is 1. The monoisotopic (exact) mass is 578 g/mol. The highest BCUT2D eigenvalue weighted by atomic mass is 127. The average Bonchev–Trinajstić information content (AvgIpc) is 2.80. The molecule has 0 aliphatic carbocycles. The van der Waals surface area contributed by atoms with Gasteiger partial charge in [-0.05, 0) is 96.1 Å². The zero-order valence-corrected chi connectivity index (χ0v) is 21.4. The number of carbonyl (C=O) groups is 1. The number of aryl methyl sites for hydroxylation is 1. The molecule has 0 aliphatic heterocycles. The van der Waals surface area contributed by atoms with E-state index in [1.165, 1.54) is 0 Å². The molecule has 0 radical (unpaired) electrons. The highest BCUT2D eigenvalue weighted by Crippen LogP contribution is 2.34. The van der Waals surface area contributed by atoms with Crippen LogP contribution < -0.4 is 19.5 Å². The summed E-state index contributed by atoms with van der Waals surface area (Å²) in [6.07, 6.45) is 1.75. The standard InChI is InChI=1S/C25H24ClIN2O4/c1-4-32-20-9-7-18(8-10-20)28-14-17-11-22(27)25(23(12-17)31-3)33-15-24(30)29-19-6-5-16(2)21(26)13-19/h5-14H,4,15H2,1-3H3,(H,29,30). The molecule has 0 bridgehead atoms. The van der Waals surface area contributed by atoms with Crippen LogP contribution in [0.2, 0.25) is 5.02 Å². The van der Waals surface area contributed by atoms with E-state index in [-0.39, 0.29) is 12.5 Å². The number of methoxy groups -OCH3 is 1. The number of nitrogens with one attached hydrogen (secondary N) is 1. The number of nitrogens with zero attached hydrogens (tertiary/aromatic N) is 1. The minimum absolute atomic E-state index is 0.169. The predicted octanol–water partition coefficient (Wildman–Crippen LogP) is 6.43. The van der Waals surface area contributed by atoms with Crippen molar-refractivity contribution in [3.05, 3.63) is 74.3 Å². The minimum Gasteiger partial charge on any atom is -0.494 e. The maximum atomic E-state index is 12.3. The number of aliphatic imine (C=N–C) groups is 1. The third-order valence-corrected chi connectivity index (χ3v) is 5.77. The molecule has 33 heavy (non-hydrogen) atoms. The van der Waals surface area contributed by atoms with Gasteiger partial charge >= 0.3 is 0 Å². The first-order valence-corrected chi connectivity index (χ1v) is 11.7. The van der Waals surface area contributed by atoms with Gasteiger partial charge < -0.3 is 19.5 Å². The third-order valence-electron chi connectivity index (χ3n) is 4.57. The van der Waals surface area contributed by atoms with Gasteiger partial charge in [0.15, 0.2) is 18.1 Å². The summed E-state index contributed by atoms with van der Waals surface area (Å²) >= 11 is 8.26. The first-order valence-electron chi connectivity index (χ1n) is 10.2. The molecular weight excluding hydrogens is 555 g/mol. The van der Waals surface area contributed by atoms with Crippen LogP contribution in [0.3, 0.4) is 0 Å². The summed E-state index contributed by atoms with van der Waals surface area (Å²) in [6, 6.07) is 16.6. The lowest BCUT2D eigenvalue weighted by atomic mass is 10.2. The van der Waals surface area contributed by atoms with Crippen molar-refractivity contribution in [2.75, 3.05) is 25.6 Å². The molecule has 0 saturated heterocycles. The van der Waals surface area contributed by atoms with Crippen molar-refractivity contribution in [3.8, 4) is 17.2 Å². The second kappa shape index (κ2) is 11.9. The number of halogens is 2. The molecule has 0 aliphatic rings. The van der Waals surface area contributed by atoms with E-state index in [0.29, 0.717) is 28.8 Å². The van der Waals surface area contributed by atoms with Gasteiger partial charge in [0.25, 0.3) is 5.91 Å². The van der Waals surface area contributed by atoms with Crippen LogP contribution in [0.1, 0.15) is 18.1 Å². The molecule has 172 valence electrons. The fraction of sp³-hybridized carbons (Fsp3) is 0.200. The summed E-state index contributed by atoms with van der Waals surface area (Å²) in [5, 5.41) is 3.37. The summed E-state index contributed by atoms with van der Waals surface area (Å²) in [7, 11) is 1.56. The molecule has 3 aromatic rings. The highest BCUT2D eigenvalue weighted by molar-refractivity contribution is 14.1. The van der Waals surface area contributed by atoms with E-state index in [2.05, 4.69) is 32.9 Å². The van der Waals surface area contributed by atoms with Gasteiger partial charge in [-0.2, -0.15) is 0 Å². The Labute approximate surface area is 212 Å². The van der Waals surface area contributed by atoms with Crippen LogP contribution in [0.25, 0.3) is 0 Å². The van der Waals surface area contributed by atoms with Crippen molar-refractivity contribution in [2.24, 2.45) is 4.99 Å². The first kappa shape index (κ1) is 24.9. The summed E-state index contributed by atoms with van der Waals surface area (Å²) < 4.78 is 17.5. The van der Waals surface area contributed by atoms with Crippen molar-refractivity contribution in [3.63, 3.8) is 0 Å². The van der Waals surface area contributed by atoms with E-state index in [4.69, 9.17) is 25.8 Å². The second-order valence-corrected chi connectivity index (χ2v) is 8.59. The number of carbonyl (C=O) groups excluding carboxylic acids is 1. The largest absolute Gasteiger partial charge is 0.494 e. The van der Waals surface area contributed by atoms with Gasteiger partial charge in [-0.3, -0.25) is 9.79 Å². The first-order chi connectivity index (χ1) is 15.9. The Hall–Kier alpha value is -2.78. The van der Waals surface area contributed by atoms with Crippen LogP contribution in [-0.4, -0.2) is 32.4 Å². The van der Waals surface area contributed by atoms with E-state index < -0.39 is 0 Å². The van der Waals surface area contributed by atoms with Crippen molar-refractivity contribution in [1.29, 1.82) is 0 Å². The van der Waals surface area contributed by atoms with E-state index >= 15 is 0 Å². The lowest BCUT2D eigenvalue weighted by molar-refractivity contribution is -0.118. The fourth-order valence-electron chi connectivity index (χ4n) is 2.90. The second-order valence-electron chi connectivity index (χ2n) is 7.02. The summed E-state index contributed by atoms with van der Waals surface area (Å²) in [6.45, 7) is 4.30. The molecule has 3 rings (SSSR count). The van der Waals surface area contributed by atoms with E-state index in [9.17, 15) is 4.79 Å². The average molecular weight is 579 g/mol. The Kier molecular flexibility index (Phi) is 8.96. The van der Waals surface area contributed by atoms with Crippen LogP contribution >= 0.6 is 34.2 Å². The Balaban J connectivity index is 1.66. The van der Waals surface area contributed by atoms with Crippen LogP contribution in [0.15, 0.2) is 59.6 Å². The molecule has 8 heteroatoms. The van der Waals surface area contributed by atoms with Gasteiger partial charge in [0.05, 0.1) is 23.0 Å². The number of hydrogen-bond donors (Lipinski definition) is 1. The summed E-state index contributed by atoms with van der Waals surface area (Å²) in [5.74, 6) is 1.52. The van der Waals surface area contributed by atoms with Crippen molar-refractivity contribution in [2.45, 2.75) is 13.8 Å². The number of rotatable bonds is 9. The third kappa shape index (κ3) is 7.10. The Morgan fingerprint density at radius 3 is 2.55 bits per heavy atom. The SMILES string of the molecule is CCOc1ccc(N=Cc2cc(I)c(OCC(=O)Nc3ccc(C)c(Cl)c3)c(OC)c2)cc1. The Morgan fingerprint density at radius 1 is 1.12 bits per heavy atom. The Bertz CT molecular complexity index is 1150. The molecule has 1 amide bonds. The number of ether oxygens (including phenoxy) is 3. The number of benzene rings is 3. The molecular formula is C25H24ClIN2O4. The van der Waals surface area contributed by atoms with Crippen LogP contribution in [-0.2, 0) is 4.79 Å². The van der Waals surface area contributed by atoms with Gasteiger partial charge in [-0.1, -0.05) is 17.7 Å². The van der Waals surface area contributed by atoms with Gasteiger partial charge in [0, 0.05) is 16.9 Å². The van der Waals surface area contributed by atoms with Gasteiger partial charge in [0.1, 0.15) is 5.75 Å². The normalized spacial score (nSPS) is 10.8. The summed E-state index contributed by atoms with van der Waals surface area (Å²) in [4.78, 5) is 16.8. The maximum absolute atomic E-state index is 12.3. The quantitative estimate of drug-likeness (QED) is 0.235. The van der Waals surface area contributed by atoms with E-state index in [0.717, 1.165) is 26.1 Å². The van der Waals surface area contributed by atoms with Gasteiger partial charge in [0.2, 0.25) is 0 Å².